The molecule has 12 heavy (non-hydrogen) atoms. The zero-order valence-electron chi connectivity index (χ0n) is 6.76. The first-order chi connectivity index (χ1) is 5.77. The smallest absolute Gasteiger partial charge is 0.125 e. The average Bonchev–Trinajstić information content (AvgIpc) is 2.04. The van der Waals surface area contributed by atoms with Crippen LogP contribution < -0.4 is 0 Å². The molecule has 0 saturated carbocycles. The molecule has 0 heterocycles. The molecule has 1 aromatic rings. The van der Waals surface area contributed by atoms with Crippen LogP contribution in [0, 0.1) is 0 Å². The summed E-state index contributed by atoms with van der Waals surface area (Å²) in [5.74, 6) is 0.239. The number of hydrogen-bond acceptors (Lipinski definition) is 1. The van der Waals surface area contributed by atoms with Crippen molar-refractivity contribution in [2.24, 2.45) is 0 Å². The number of alkyl halides is 1. The van der Waals surface area contributed by atoms with Crippen LogP contribution in [0.3, 0.4) is 0 Å². The molecule has 1 atom stereocenters. The van der Waals surface area contributed by atoms with Crippen molar-refractivity contribution in [3.05, 3.63) is 29.3 Å². The Morgan fingerprint density at radius 2 is 2.25 bits per heavy atom. The number of halogens is 1. The van der Waals surface area contributed by atoms with Crippen molar-refractivity contribution in [2.45, 2.75) is 25.4 Å². The van der Waals surface area contributed by atoms with E-state index >= 15 is 0 Å². The summed E-state index contributed by atoms with van der Waals surface area (Å²) in [5.41, 5.74) is 1.73. The van der Waals surface area contributed by atoms with E-state index in [4.69, 9.17) is 5.11 Å². The highest BCUT2D eigenvalue weighted by molar-refractivity contribution is 5.37. The lowest BCUT2D eigenvalue weighted by Crippen LogP contribution is -2.05. The first-order valence-corrected chi connectivity index (χ1v) is 4.23. The van der Waals surface area contributed by atoms with Gasteiger partial charge in [0.1, 0.15) is 11.9 Å². The van der Waals surface area contributed by atoms with Crippen molar-refractivity contribution < 1.29 is 9.50 Å². The number of phenolic OH excluding ortho intramolecular Hbond substituents is 1. The van der Waals surface area contributed by atoms with Gasteiger partial charge in [-0.1, -0.05) is 6.07 Å². The molecule has 2 heteroatoms. The van der Waals surface area contributed by atoms with Crippen LogP contribution in [-0.2, 0) is 6.42 Å². The largest absolute Gasteiger partial charge is 0.508 e. The molecule has 0 aliphatic heterocycles. The van der Waals surface area contributed by atoms with Gasteiger partial charge in [0.15, 0.2) is 0 Å². The van der Waals surface area contributed by atoms with Crippen LogP contribution >= 0.6 is 0 Å². The second-order valence-electron chi connectivity index (χ2n) is 3.24. The Morgan fingerprint density at radius 3 is 3.08 bits per heavy atom. The Hall–Kier alpha value is -1.05. The van der Waals surface area contributed by atoms with Crippen molar-refractivity contribution >= 4 is 0 Å². The predicted octanol–water partition coefficient (Wildman–Crippen LogP) is 2.74. The number of phenols is 1. The molecular formula is C10H11FO. The summed E-state index contributed by atoms with van der Waals surface area (Å²) in [4.78, 5) is 0. The molecule has 64 valence electrons. The first-order valence-electron chi connectivity index (χ1n) is 4.23. The van der Waals surface area contributed by atoms with Gasteiger partial charge in [-0.15, -0.1) is 0 Å². The third-order valence-electron chi connectivity index (χ3n) is 2.37. The van der Waals surface area contributed by atoms with E-state index in [0.29, 0.717) is 6.42 Å². The summed E-state index contributed by atoms with van der Waals surface area (Å²) in [7, 11) is 0. The van der Waals surface area contributed by atoms with E-state index in [2.05, 4.69) is 0 Å². The van der Waals surface area contributed by atoms with E-state index in [-0.39, 0.29) is 5.75 Å². The second-order valence-corrected chi connectivity index (χ2v) is 3.24. The molecule has 0 fully saturated rings. The maximum absolute atomic E-state index is 13.2. The standard InChI is InChI=1S/C10H11FO/c11-10-3-1-2-7-6-8(12)4-5-9(7)10/h4-6,10,12H,1-3H2. The van der Waals surface area contributed by atoms with Gasteiger partial charge in [0.2, 0.25) is 0 Å². The monoisotopic (exact) mass is 166 g/mol. The van der Waals surface area contributed by atoms with Crippen LogP contribution in [0.4, 0.5) is 4.39 Å². The second kappa shape index (κ2) is 2.77. The van der Waals surface area contributed by atoms with Gasteiger partial charge in [-0.3, -0.25) is 0 Å². The van der Waals surface area contributed by atoms with Crippen LogP contribution in [-0.4, -0.2) is 5.11 Å². The van der Waals surface area contributed by atoms with Crippen LogP contribution in [0.15, 0.2) is 18.2 Å². The molecule has 1 nitrogen and oxygen atoms in total. The predicted molar refractivity (Wildman–Crippen MR) is 44.9 cm³/mol. The van der Waals surface area contributed by atoms with Crippen LogP contribution in [0.1, 0.15) is 30.1 Å². The third kappa shape index (κ3) is 1.17. The fourth-order valence-corrected chi connectivity index (χ4v) is 1.74. The quantitative estimate of drug-likeness (QED) is 0.628. The zero-order chi connectivity index (χ0) is 8.55. The van der Waals surface area contributed by atoms with Gasteiger partial charge in [-0.05, 0) is 42.5 Å². The van der Waals surface area contributed by atoms with Crippen LogP contribution in [0.25, 0.3) is 0 Å². The molecule has 1 aliphatic rings. The molecular weight excluding hydrogens is 155 g/mol. The van der Waals surface area contributed by atoms with Crippen molar-refractivity contribution in [1.29, 1.82) is 0 Å². The summed E-state index contributed by atoms with van der Waals surface area (Å²) in [5, 5.41) is 9.15. The first kappa shape index (κ1) is 7.59. The lowest BCUT2D eigenvalue weighted by atomic mass is 9.90. The Balaban J connectivity index is 2.46. The van der Waals surface area contributed by atoms with E-state index in [1.807, 2.05) is 0 Å². The zero-order valence-corrected chi connectivity index (χ0v) is 6.76. The summed E-state index contributed by atoms with van der Waals surface area (Å²) in [6, 6.07) is 4.91. The van der Waals surface area contributed by atoms with E-state index in [0.717, 1.165) is 24.0 Å². The molecule has 0 saturated heterocycles. The number of hydrogen-bond donors (Lipinski definition) is 1. The average molecular weight is 166 g/mol. The number of benzene rings is 1. The van der Waals surface area contributed by atoms with Gasteiger partial charge >= 0.3 is 0 Å². The molecule has 1 unspecified atom stereocenters. The number of aromatic hydroxyl groups is 1. The lowest BCUT2D eigenvalue weighted by Gasteiger charge is -2.19. The van der Waals surface area contributed by atoms with Gasteiger partial charge in [0, 0.05) is 0 Å². The Morgan fingerprint density at radius 1 is 1.42 bits per heavy atom. The van der Waals surface area contributed by atoms with Gasteiger partial charge in [0.25, 0.3) is 0 Å². The third-order valence-corrected chi connectivity index (χ3v) is 2.37. The molecule has 0 spiro atoms. The minimum Gasteiger partial charge on any atom is -0.508 e. The van der Waals surface area contributed by atoms with Crippen LogP contribution in [0.2, 0.25) is 0 Å². The van der Waals surface area contributed by atoms with Gasteiger partial charge in [0.05, 0.1) is 0 Å². The maximum atomic E-state index is 13.2. The Bertz CT molecular complexity index is 296. The normalized spacial score (nSPS) is 21.9. The highest BCUT2D eigenvalue weighted by atomic mass is 19.1. The number of rotatable bonds is 0. The van der Waals surface area contributed by atoms with E-state index < -0.39 is 6.17 Å². The summed E-state index contributed by atoms with van der Waals surface area (Å²) in [6.07, 6.45) is 1.58. The summed E-state index contributed by atoms with van der Waals surface area (Å²) in [6.45, 7) is 0. The lowest BCUT2D eigenvalue weighted by molar-refractivity contribution is 0.302. The molecule has 0 aromatic heterocycles. The van der Waals surface area contributed by atoms with E-state index in [9.17, 15) is 4.39 Å². The molecule has 1 N–H and O–H groups in total. The number of fused-ring (bicyclic) bond motifs is 1. The van der Waals surface area contributed by atoms with E-state index in [1.165, 1.54) is 0 Å². The Kier molecular flexibility index (Phi) is 1.75. The van der Waals surface area contributed by atoms with Gasteiger partial charge in [-0.2, -0.15) is 0 Å². The summed E-state index contributed by atoms with van der Waals surface area (Å²) >= 11 is 0. The molecule has 1 aliphatic carbocycles. The highest BCUT2D eigenvalue weighted by Crippen LogP contribution is 2.33. The number of aryl methyl sites for hydroxylation is 1. The minimum atomic E-state index is -0.825. The van der Waals surface area contributed by atoms with E-state index in [1.54, 1.807) is 18.2 Å². The topological polar surface area (TPSA) is 20.2 Å². The highest BCUT2D eigenvalue weighted by Gasteiger charge is 2.18. The SMILES string of the molecule is Oc1ccc2c(c1)CCCC2F. The molecule has 1 aromatic carbocycles. The van der Waals surface area contributed by atoms with Gasteiger partial charge in [-0.25, -0.2) is 4.39 Å². The van der Waals surface area contributed by atoms with Crippen molar-refractivity contribution in [3.8, 4) is 5.75 Å². The molecule has 0 radical (unpaired) electrons. The molecule has 2 rings (SSSR count). The molecule has 0 amide bonds. The fraction of sp³-hybridized carbons (Fsp3) is 0.400. The van der Waals surface area contributed by atoms with Gasteiger partial charge < -0.3 is 5.11 Å². The summed E-state index contributed by atoms with van der Waals surface area (Å²) < 4.78 is 13.2. The fourth-order valence-electron chi connectivity index (χ4n) is 1.74. The maximum Gasteiger partial charge on any atom is 0.125 e. The van der Waals surface area contributed by atoms with Crippen molar-refractivity contribution in [3.63, 3.8) is 0 Å². The minimum absolute atomic E-state index is 0.239. The Labute approximate surface area is 70.8 Å². The van der Waals surface area contributed by atoms with Crippen molar-refractivity contribution in [1.82, 2.24) is 0 Å². The van der Waals surface area contributed by atoms with Crippen LogP contribution in [0.5, 0.6) is 5.75 Å². The molecule has 0 bridgehead atoms. The van der Waals surface area contributed by atoms with Crippen molar-refractivity contribution in [2.75, 3.05) is 0 Å².